The van der Waals surface area contributed by atoms with Crippen molar-refractivity contribution in [3.8, 4) is 0 Å². The van der Waals surface area contributed by atoms with Gasteiger partial charge < -0.3 is 5.32 Å². The Labute approximate surface area is 209 Å². The van der Waals surface area contributed by atoms with Crippen LogP contribution >= 0.6 is 35.0 Å². The Hall–Kier alpha value is -2.19. The third-order valence-corrected chi connectivity index (χ3v) is 8.35. The molecule has 0 fully saturated rings. The predicted octanol–water partition coefficient (Wildman–Crippen LogP) is 5.55. The number of aryl methyl sites for hydroxylation is 1. The quantitative estimate of drug-likeness (QED) is 0.354. The molecule has 9 heteroatoms. The molecule has 0 aromatic heterocycles. The number of nitrogens with zero attached hydrogens (tertiary/aromatic N) is 1. The third kappa shape index (κ3) is 6.90. The lowest BCUT2D eigenvalue weighted by Crippen LogP contribution is -2.41. The maximum atomic E-state index is 13.3. The lowest BCUT2D eigenvalue weighted by atomic mass is 10.2. The number of rotatable bonds is 10. The van der Waals surface area contributed by atoms with Crippen molar-refractivity contribution >= 4 is 56.6 Å². The smallest absolute Gasteiger partial charge is 0.264 e. The van der Waals surface area contributed by atoms with Crippen molar-refractivity contribution in [3.05, 3.63) is 94.0 Å². The van der Waals surface area contributed by atoms with E-state index in [1.165, 1.54) is 29.3 Å². The van der Waals surface area contributed by atoms with E-state index in [-0.39, 0.29) is 20.6 Å². The van der Waals surface area contributed by atoms with Gasteiger partial charge in [0.05, 0.1) is 20.6 Å². The summed E-state index contributed by atoms with van der Waals surface area (Å²) in [5.41, 5.74) is 2.58. The zero-order valence-corrected chi connectivity index (χ0v) is 21.1. The standard InChI is InChI=1S/C24H24Cl2N2O3S2/c1-18-7-5-8-19(15-18)17-32-14-13-27-23(29)16-28(22-12-6-11-21(25)24(22)26)33(30,31)20-9-3-2-4-10-20/h2-12,15H,13-14,16-17H2,1H3,(H,27,29). The molecule has 5 nitrogen and oxygen atoms in total. The Morgan fingerprint density at radius 3 is 2.45 bits per heavy atom. The number of carbonyl (C=O) groups is 1. The number of sulfonamides is 1. The highest BCUT2D eigenvalue weighted by Gasteiger charge is 2.29. The molecule has 174 valence electrons. The van der Waals surface area contributed by atoms with Gasteiger partial charge in [0.25, 0.3) is 10.0 Å². The zero-order valence-electron chi connectivity index (χ0n) is 18.0. The van der Waals surface area contributed by atoms with Gasteiger partial charge in [0, 0.05) is 18.1 Å². The number of anilines is 1. The highest BCUT2D eigenvalue weighted by atomic mass is 35.5. The van der Waals surface area contributed by atoms with E-state index in [1.54, 1.807) is 42.1 Å². The van der Waals surface area contributed by atoms with Crippen molar-refractivity contribution in [1.82, 2.24) is 5.32 Å². The van der Waals surface area contributed by atoms with Gasteiger partial charge in [0.15, 0.2) is 0 Å². The largest absolute Gasteiger partial charge is 0.354 e. The molecule has 0 aliphatic carbocycles. The summed E-state index contributed by atoms with van der Waals surface area (Å²) in [5, 5.41) is 3.07. The fourth-order valence-electron chi connectivity index (χ4n) is 3.15. The molecule has 0 radical (unpaired) electrons. The summed E-state index contributed by atoms with van der Waals surface area (Å²) >= 11 is 14.1. The monoisotopic (exact) mass is 522 g/mol. The van der Waals surface area contributed by atoms with Crippen LogP contribution in [0.4, 0.5) is 5.69 Å². The van der Waals surface area contributed by atoms with Crippen LogP contribution in [0.3, 0.4) is 0 Å². The molecule has 0 unspecified atom stereocenters. The first-order valence-electron chi connectivity index (χ1n) is 10.2. The number of amides is 1. The van der Waals surface area contributed by atoms with Crippen molar-refractivity contribution in [2.75, 3.05) is 23.1 Å². The minimum Gasteiger partial charge on any atom is -0.354 e. The molecule has 0 bridgehead atoms. The van der Waals surface area contributed by atoms with Gasteiger partial charge >= 0.3 is 0 Å². The van der Waals surface area contributed by atoms with E-state index in [9.17, 15) is 13.2 Å². The molecule has 3 aromatic rings. The molecule has 3 aromatic carbocycles. The van der Waals surface area contributed by atoms with Gasteiger partial charge in [0.2, 0.25) is 5.91 Å². The van der Waals surface area contributed by atoms with Gasteiger partial charge in [-0.1, -0.05) is 77.3 Å². The summed E-state index contributed by atoms with van der Waals surface area (Å²) in [6.45, 7) is 2.05. The molecule has 1 amide bonds. The van der Waals surface area contributed by atoms with E-state index in [1.807, 2.05) is 6.07 Å². The SMILES string of the molecule is Cc1cccc(CSCCNC(=O)CN(c2cccc(Cl)c2Cl)S(=O)(=O)c2ccccc2)c1. The molecule has 0 saturated carbocycles. The molecule has 0 heterocycles. The number of thioether (sulfide) groups is 1. The van der Waals surface area contributed by atoms with Crippen LogP contribution in [0.2, 0.25) is 10.0 Å². The van der Waals surface area contributed by atoms with E-state index in [0.29, 0.717) is 12.3 Å². The van der Waals surface area contributed by atoms with E-state index in [2.05, 4.69) is 30.4 Å². The highest BCUT2D eigenvalue weighted by molar-refractivity contribution is 7.98. The topological polar surface area (TPSA) is 66.5 Å². The summed E-state index contributed by atoms with van der Waals surface area (Å²) in [6, 6.07) is 20.9. The molecule has 33 heavy (non-hydrogen) atoms. The molecule has 0 saturated heterocycles. The first-order chi connectivity index (χ1) is 15.8. The van der Waals surface area contributed by atoms with Gasteiger partial charge in [-0.05, 0) is 36.8 Å². The van der Waals surface area contributed by atoms with Crippen LogP contribution in [0.25, 0.3) is 0 Å². The zero-order chi connectivity index (χ0) is 23.8. The van der Waals surface area contributed by atoms with E-state index in [4.69, 9.17) is 23.2 Å². The Morgan fingerprint density at radius 2 is 1.73 bits per heavy atom. The number of hydrogen-bond donors (Lipinski definition) is 1. The maximum Gasteiger partial charge on any atom is 0.264 e. The lowest BCUT2D eigenvalue weighted by Gasteiger charge is -2.25. The molecule has 0 spiro atoms. The summed E-state index contributed by atoms with van der Waals surface area (Å²) in [7, 11) is -4.04. The summed E-state index contributed by atoms with van der Waals surface area (Å²) < 4.78 is 27.7. The van der Waals surface area contributed by atoms with E-state index >= 15 is 0 Å². The van der Waals surface area contributed by atoms with Gasteiger partial charge in [0.1, 0.15) is 6.54 Å². The van der Waals surface area contributed by atoms with Crippen molar-refractivity contribution in [2.45, 2.75) is 17.6 Å². The van der Waals surface area contributed by atoms with E-state index < -0.39 is 22.5 Å². The van der Waals surface area contributed by atoms with Crippen molar-refractivity contribution in [2.24, 2.45) is 0 Å². The van der Waals surface area contributed by atoms with Crippen LogP contribution in [-0.4, -0.2) is 33.2 Å². The van der Waals surface area contributed by atoms with Gasteiger partial charge in [-0.2, -0.15) is 11.8 Å². The van der Waals surface area contributed by atoms with Crippen LogP contribution in [-0.2, 0) is 20.6 Å². The highest BCUT2D eigenvalue weighted by Crippen LogP contribution is 2.35. The Morgan fingerprint density at radius 1 is 1.00 bits per heavy atom. The molecule has 1 N–H and O–H groups in total. The van der Waals surface area contributed by atoms with Gasteiger partial charge in [-0.15, -0.1) is 0 Å². The average Bonchev–Trinajstić information content (AvgIpc) is 2.80. The van der Waals surface area contributed by atoms with Gasteiger partial charge in [-0.3, -0.25) is 9.10 Å². The molecule has 0 atom stereocenters. The maximum absolute atomic E-state index is 13.3. The second-order valence-corrected chi connectivity index (χ2v) is 11.0. The first kappa shape index (κ1) is 25.4. The van der Waals surface area contributed by atoms with Crippen LogP contribution in [0, 0.1) is 6.92 Å². The second kappa shape index (κ2) is 11.8. The summed E-state index contributed by atoms with van der Waals surface area (Å²) in [4.78, 5) is 12.7. The molecule has 3 rings (SSSR count). The minimum absolute atomic E-state index is 0.0579. The molecule has 0 aliphatic rings. The number of halogens is 2. The third-order valence-electron chi connectivity index (χ3n) is 4.74. The minimum atomic E-state index is -4.04. The van der Waals surface area contributed by atoms with Crippen LogP contribution in [0.1, 0.15) is 11.1 Å². The second-order valence-electron chi connectivity index (χ2n) is 7.29. The van der Waals surface area contributed by atoms with Gasteiger partial charge in [-0.25, -0.2) is 8.42 Å². The molecular weight excluding hydrogens is 499 g/mol. The Bertz CT molecular complexity index is 1210. The van der Waals surface area contributed by atoms with Crippen LogP contribution in [0.15, 0.2) is 77.7 Å². The fraction of sp³-hybridized carbons (Fsp3) is 0.208. The van der Waals surface area contributed by atoms with E-state index in [0.717, 1.165) is 10.1 Å². The van der Waals surface area contributed by atoms with Crippen LogP contribution < -0.4 is 9.62 Å². The fourth-order valence-corrected chi connectivity index (χ4v) is 5.85. The lowest BCUT2D eigenvalue weighted by molar-refractivity contribution is -0.119. The van der Waals surface area contributed by atoms with Crippen LogP contribution in [0.5, 0.6) is 0 Å². The average molecular weight is 524 g/mol. The van der Waals surface area contributed by atoms with Crippen molar-refractivity contribution in [1.29, 1.82) is 0 Å². The summed E-state index contributed by atoms with van der Waals surface area (Å²) in [6.07, 6.45) is 0. The number of carbonyl (C=O) groups excluding carboxylic acids is 1. The molecule has 0 aliphatic heterocycles. The normalized spacial score (nSPS) is 11.2. The Balaban J connectivity index is 1.67. The predicted molar refractivity (Wildman–Crippen MR) is 138 cm³/mol. The first-order valence-corrected chi connectivity index (χ1v) is 13.6. The van der Waals surface area contributed by atoms with Crippen molar-refractivity contribution < 1.29 is 13.2 Å². The Kier molecular flexibility index (Phi) is 9.09. The number of benzene rings is 3. The molecular formula is C24H24Cl2N2O3S2. The summed E-state index contributed by atoms with van der Waals surface area (Å²) in [5.74, 6) is 1.11. The number of nitrogens with one attached hydrogen (secondary N) is 1. The van der Waals surface area contributed by atoms with Crippen molar-refractivity contribution in [3.63, 3.8) is 0 Å². The number of hydrogen-bond acceptors (Lipinski definition) is 4.